The monoisotopic (exact) mass is 382 g/mol. The molecular weight excluding hydrogens is 360 g/mol. The number of amides is 3. The predicted molar refractivity (Wildman–Crippen MR) is 105 cm³/mol. The Hall–Kier alpha value is -3.35. The van der Waals surface area contributed by atoms with Crippen LogP contribution >= 0.6 is 0 Å². The zero-order valence-electron chi connectivity index (χ0n) is 16.2. The number of esters is 1. The fourth-order valence-corrected chi connectivity index (χ4v) is 2.92. The maximum absolute atomic E-state index is 12.6. The molecular formula is C21H22N2O5. The largest absolute Gasteiger partial charge is 0.448 e. The zero-order chi connectivity index (χ0) is 20.4. The summed E-state index contributed by atoms with van der Waals surface area (Å²) in [6.07, 6.45) is -1.16. The van der Waals surface area contributed by atoms with Crippen LogP contribution in [0.15, 0.2) is 40.8 Å². The summed E-state index contributed by atoms with van der Waals surface area (Å²) >= 11 is 0. The molecule has 1 heterocycles. The van der Waals surface area contributed by atoms with E-state index in [1.807, 2.05) is 36.4 Å². The minimum atomic E-state index is -1.16. The van der Waals surface area contributed by atoms with E-state index in [0.717, 1.165) is 16.2 Å². The number of aryl methyl sites for hydroxylation is 1. The van der Waals surface area contributed by atoms with Crippen molar-refractivity contribution in [2.24, 2.45) is 0 Å². The predicted octanol–water partition coefficient (Wildman–Crippen LogP) is 3.67. The van der Waals surface area contributed by atoms with Crippen LogP contribution in [0.5, 0.6) is 0 Å². The Labute approximate surface area is 162 Å². The molecule has 2 N–H and O–H groups in total. The molecule has 0 radical (unpaired) electrons. The van der Waals surface area contributed by atoms with Crippen LogP contribution in [0.25, 0.3) is 21.7 Å². The first-order valence-electron chi connectivity index (χ1n) is 9.01. The smallest absolute Gasteiger partial charge is 0.375 e. The Kier molecular flexibility index (Phi) is 5.35. The highest BCUT2D eigenvalue weighted by Gasteiger charge is 2.25. The number of carbonyl (C=O) groups excluding carboxylic acids is 3. The van der Waals surface area contributed by atoms with Gasteiger partial charge >= 0.3 is 12.0 Å². The molecule has 7 nitrogen and oxygen atoms in total. The van der Waals surface area contributed by atoms with Crippen LogP contribution in [0.2, 0.25) is 0 Å². The van der Waals surface area contributed by atoms with E-state index >= 15 is 0 Å². The molecule has 1 atom stereocenters. The standard InChI is InChI=1S/C21H22N2O5/c1-11(2)22-21(26)23-19(24)13(4)27-20(25)17-12(3)15-10-9-14-7-5-6-8-16(14)18(15)28-17/h5-11,13H,1-4H3,(H2,22,23,24,26)/t13-/m1/s1. The minimum Gasteiger partial charge on any atom is -0.448 e. The molecule has 0 saturated heterocycles. The van der Waals surface area contributed by atoms with E-state index in [4.69, 9.17) is 9.15 Å². The molecule has 2 aromatic carbocycles. The molecule has 0 aliphatic rings. The van der Waals surface area contributed by atoms with Crippen molar-refractivity contribution < 1.29 is 23.5 Å². The average molecular weight is 382 g/mol. The molecule has 0 aliphatic heterocycles. The van der Waals surface area contributed by atoms with Crippen molar-refractivity contribution >= 4 is 39.6 Å². The molecule has 0 aliphatic carbocycles. The highest BCUT2D eigenvalue weighted by molar-refractivity contribution is 6.08. The van der Waals surface area contributed by atoms with Gasteiger partial charge in [0.25, 0.3) is 5.91 Å². The van der Waals surface area contributed by atoms with Gasteiger partial charge in [0.1, 0.15) is 5.58 Å². The third kappa shape index (κ3) is 3.83. The van der Waals surface area contributed by atoms with Gasteiger partial charge in [0.2, 0.25) is 5.76 Å². The van der Waals surface area contributed by atoms with Gasteiger partial charge < -0.3 is 14.5 Å². The summed E-state index contributed by atoms with van der Waals surface area (Å²) in [6, 6.07) is 10.8. The van der Waals surface area contributed by atoms with E-state index < -0.39 is 24.0 Å². The Bertz CT molecular complexity index is 1070. The minimum absolute atomic E-state index is 0.0395. The Morgan fingerprint density at radius 3 is 2.43 bits per heavy atom. The maximum atomic E-state index is 12.6. The van der Waals surface area contributed by atoms with Gasteiger partial charge in [0, 0.05) is 22.4 Å². The van der Waals surface area contributed by atoms with Crippen molar-refractivity contribution in [3.63, 3.8) is 0 Å². The third-order valence-electron chi connectivity index (χ3n) is 4.32. The van der Waals surface area contributed by atoms with Gasteiger partial charge in [-0.25, -0.2) is 9.59 Å². The molecule has 0 saturated carbocycles. The topological polar surface area (TPSA) is 97.6 Å². The van der Waals surface area contributed by atoms with E-state index in [0.29, 0.717) is 11.1 Å². The van der Waals surface area contributed by atoms with Crippen LogP contribution < -0.4 is 10.6 Å². The Balaban J connectivity index is 1.80. The van der Waals surface area contributed by atoms with Gasteiger partial charge in [0.15, 0.2) is 6.10 Å². The molecule has 146 valence electrons. The summed E-state index contributed by atoms with van der Waals surface area (Å²) in [5, 5.41) is 7.35. The van der Waals surface area contributed by atoms with Gasteiger partial charge in [-0.15, -0.1) is 0 Å². The lowest BCUT2D eigenvalue weighted by molar-refractivity contribution is -0.128. The second kappa shape index (κ2) is 7.72. The number of ether oxygens (including phenoxy) is 1. The molecule has 3 rings (SSSR count). The quantitative estimate of drug-likeness (QED) is 0.671. The van der Waals surface area contributed by atoms with Crippen LogP contribution in [0.3, 0.4) is 0 Å². The molecule has 0 bridgehead atoms. The van der Waals surface area contributed by atoms with Gasteiger partial charge in [-0.3, -0.25) is 10.1 Å². The molecule has 0 spiro atoms. The number of nitrogens with one attached hydrogen (secondary N) is 2. The lowest BCUT2D eigenvalue weighted by Gasteiger charge is -2.13. The summed E-state index contributed by atoms with van der Waals surface area (Å²) in [5.41, 5.74) is 1.23. The van der Waals surface area contributed by atoms with Crippen LogP contribution in [-0.4, -0.2) is 30.1 Å². The first kappa shape index (κ1) is 19.4. The van der Waals surface area contributed by atoms with E-state index in [1.54, 1.807) is 20.8 Å². The lowest BCUT2D eigenvalue weighted by Crippen LogP contribution is -2.46. The van der Waals surface area contributed by atoms with Gasteiger partial charge in [-0.1, -0.05) is 36.4 Å². The van der Waals surface area contributed by atoms with Gasteiger partial charge in [0.05, 0.1) is 0 Å². The zero-order valence-corrected chi connectivity index (χ0v) is 16.2. The Morgan fingerprint density at radius 2 is 1.71 bits per heavy atom. The number of fused-ring (bicyclic) bond motifs is 3. The molecule has 1 aromatic heterocycles. The van der Waals surface area contributed by atoms with Crippen molar-refractivity contribution in [3.8, 4) is 0 Å². The summed E-state index contributed by atoms with van der Waals surface area (Å²) in [7, 11) is 0. The fourth-order valence-electron chi connectivity index (χ4n) is 2.92. The van der Waals surface area contributed by atoms with E-state index in [9.17, 15) is 14.4 Å². The van der Waals surface area contributed by atoms with Crippen LogP contribution in [-0.2, 0) is 9.53 Å². The number of benzene rings is 2. The van der Waals surface area contributed by atoms with Crippen molar-refractivity contribution in [2.75, 3.05) is 0 Å². The highest BCUT2D eigenvalue weighted by Crippen LogP contribution is 2.32. The number of furan rings is 1. The summed E-state index contributed by atoms with van der Waals surface area (Å²) in [5.74, 6) is -1.44. The Morgan fingerprint density at radius 1 is 1.00 bits per heavy atom. The molecule has 28 heavy (non-hydrogen) atoms. The van der Waals surface area contributed by atoms with Crippen LogP contribution in [0.4, 0.5) is 4.79 Å². The number of urea groups is 1. The number of hydrogen-bond donors (Lipinski definition) is 2. The fraction of sp³-hybridized carbons (Fsp3) is 0.286. The number of hydrogen-bond acceptors (Lipinski definition) is 5. The van der Waals surface area contributed by atoms with Gasteiger partial charge in [-0.2, -0.15) is 0 Å². The van der Waals surface area contributed by atoms with Crippen molar-refractivity contribution in [2.45, 2.75) is 39.8 Å². The first-order valence-corrected chi connectivity index (χ1v) is 9.01. The van der Waals surface area contributed by atoms with Crippen LogP contribution in [0.1, 0.15) is 36.9 Å². The van der Waals surface area contributed by atoms with Crippen molar-refractivity contribution in [1.29, 1.82) is 0 Å². The molecule has 7 heteroatoms. The van der Waals surface area contributed by atoms with Gasteiger partial charge in [-0.05, 0) is 33.1 Å². The van der Waals surface area contributed by atoms with Crippen molar-refractivity contribution in [3.05, 3.63) is 47.7 Å². The third-order valence-corrected chi connectivity index (χ3v) is 4.32. The van der Waals surface area contributed by atoms with E-state index in [2.05, 4.69) is 10.6 Å². The number of rotatable bonds is 4. The lowest BCUT2D eigenvalue weighted by atomic mass is 10.1. The SMILES string of the molecule is Cc1c(C(=O)O[C@H](C)C(=O)NC(=O)NC(C)C)oc2c1ccc1ccccc12. The molecule has 0 fully saturated rings. The first-order chi connectivity index (χ1) is 13.3. The summed E-state index contributed by atoms with van der Waals surface area (Å²) in [4.78, 5) is 36.2. The highest BCUT2D eigenvalue weighted by atomic mass is 16.6. The molecule has 0 unspecified atom stereocenters. The van der Waals surface area contributed by atoms with E-state index in [1.165, 1.54) is 6.92 Å². The van der Waals surface area contributed by atoms with Crippen LogP contribution in [0, 0.1) is 6.92 Å². The second-order valence-corrected chi connectivity index (χ2v) is 6.88. The second-order valence-electron chi connectivity index (χ2n) is 6.88. The maximum Gasteiger partial charge on any atom is 0.375 e. The summed E-state index contributed by atoms with van der Waals surface area (Å²) < 4.78 is 11.0. The molecule has 3 aromatic rings. The summed E-state index contributed by atoms with van der Waals surface area (Å²) in [6.45, 7) is 6.68. The average Bonchev–Trinajstić information content (AvgIpc) is 2.98. The molecule has 3 amide bonds. The normalized spacial score (nSPS) is 12.2. The number of carbonyl (C=O) groups is 3. The number of imide groups is 1. The van der Waals surface area contributed by atoms with Crippen molar-refractivity contribution in [1.82, 2.24) is 10.6 Å². The van der Waals surface area contributed by atoms with E-state index in [-0.39, 0.29) is 11.8 Å².